The van der Waals surface area contributed by atoms with E-state index in [0.717, 1.165) is 20.6 Å². The minimum Gasteiger partial charge on any atom is -0.458 e. The van der Waals surface area contributed by atoms with E-state index in [1.807, 2.05) is 13.8 Å². The quantitative estimate of drug-likeness (QED) is 0.269. The molecule has 4 atom stereocenters. The lowest BCUT2D eigenvalue weighted by molar-refractivity contribution is -0.155. The number of ether oxygens (including phenoxy) is 7. The number of carbonyl (C=O) groups is 4. The predicted octanol–water partition coefficient (Wildman–Crippen LogP) is 3.37. The van der Waals surface area contributed by atoms with Crippen molar-refractivity contribution in [2.45, 2.75) is 58.8 Å². The second kappa shape index (κ2) is 14.7. The third-order valence-electron chi connectivity index (χ3n) is 4.91. The van der Waals surface area contributed by atoms with Gasteiger partial charge >= 0.3 is 24.4 Å². The summed E-state index contributed by atoms with van der Waals surface area (Å²) in [6, 6.07) is 3.11. The first-order valence-corrected chi connectivity index (χ1v) is 10.9. The summed E-state index contributed by atoms with van der Waals surface area (Å²) < 4.78 is 34.2. The molecule has 12 nitrogen and oxygen atoms in total. The maximum absolute atomic E-state index is 12.5. The second-order valence-electron chi connectivity index (χ2n) is 7.74. The van der Waals surface area contributed by atoms with Gasteiger partial charge in [-0.3, -0.25) is 4.79 Å². The van der Waals surface area contributed by atoms with Crippen molar-refractivity contribution < 1.29 is 52.3 Å². The van der Waals surface area contributed by atoms with E-state index in [1.54, 1.807) is 13.8 Å². The monoisotopic (exact) mass is 499 g/mol. The van der Waals surface area contributed by atoms with Gasteiger partial charge in [0.05, 0.1) is 20.8 Å². The minimum absolute atomic E-state index is 0.00617. The lowest BCUT2D eigenvalue weighted by atomic mass is 10.1. The van der Waals surface area contributed by atoms with Crippen LogP contribution in [0.4, 0.5) is 14.4 Å². The van der Waals surface area contributed by atoms with Crippen LogP contribution in [0.1, 0.15) is 39.7 Å². The number of rotatable bonds is 11. The van der Waals surface area contributed by atoms with Gasteiger partial charge in [-0.1, -0.05) is 26.3 Å². The number of esters is 1. The van der Waals surface area contributed by atoms with Crippen molar-refractivity contribution in [3.8, 4) is 11.5 Å². The van der Waals surface area contributed by atoms with E-state index in [4.69, 9.17) is 29.4 Å². The van der Waals surface area contributed by atoms with Gasteiger partial charge < -0.3 is 38.9 Å². The van der Waals surface area contributed by atoms with E-state index in [1.165, 1.54) is 18.2 Å². The summed E-state index contributed by atoms with van der Waals surface area (Å²) in [6.45, 7) is 7.26. The van der Waals surface area contributed by atoms with Crippen LogP contribution in [0, 0.1) is 5.92 Å². The Morgan fingerprint density at radius 3 is 2.00 bits per heavy atom. The molecule has 12 heteroatoms. The van der Waals surface area contributed by atoms with Crippen molar-refractivity contribution >= 4 is 24.4 Å². The first-order valence-electron chi connectivity index (χ1n) is 10.9. The average molecular weight is 500 g/mol. The molecule has 35 heavy (non-hydrogen) atoms. The van der Waals surface area contributed by atoms with Crippen LogP contribution in [0.2, 0.25) is 0 Å². The molecule has 0 aliphatic heterocycles. The van der Waals surface area contributed by atoms with Crippen molar-refractivity contribution in [3.63, 3.8) is 0 Å². The van der Waals surface area contributed by atoms with Crippen molar-refractivity contribution in [2.24, 2.45) is 11.7 Å². The highest BCUT2D eigenvalue weighted by molar-refractivity contribution is 5.76. The van der Waals surface area contributed by atoms with Gasteiger partial charge in [-0.05, 0) is 43.9 Å². The van der Waals surface area contributed by atoms with E-state index >= 15 is 0 Å². The van der Waals surface area contributed by atoms with Crippen LogP contribution in [-0.4, -0.2) is 63.5 Å². The molecule has 0 bridgehead atoms. The Bertz CT molecular complexity index is 873. The standard InChI is InChI=1S/C23H33NO11/c1-7-13(2)12-31-23(28)33-15(4)14(3)32-20(25)17(24)10-16-8-9-18(34-21(26)29-5)19(11-16)35-22(27)30-6/h8-9,11,13-15,17H,7,10,12,24H2,1-6H3/t13?,14-,15-,17-/m0/s1. The van der Waals surface area contributed by atoms with E-state index < -0.39 is 42.7 Å². The molecule has 0 aliphatic carbocycles. The molecule has 1 aromatic carbocycles. The molecule has 0 spiro atoms. The van der Waals surface area contributed by atoms with Gasteiger partial charge in [-0.2, -0.15) is 0 Å². The molecule has 0 fully saturated rings. The summed E-state index contributed by atoms with van der Waals surface area (Å²) in [6.07, 6.45) is -3.64. The smallest absolute Gasteiger partial charge is 0.458 e. The van der Waals surface area contributed by atoms with E-state index in [2.05, 4.69) is 9.47 Å². The second-order valence-corrected chi connectivity index (χ2v) is 7.74. The highest BCUT2D eigenvalue weighted by atomic mass is 16.7. The van der Waals surface area contributed by atoms with Crippen LogP contribution in [0.25, 0.3) is 0 Å². The Morgan fingerprint density at radius 1 is 0.857 bits per heavy atom. The van der Waals surface area contributed by atoms with Gasteiger partial charge in [-0.15, -0.1) is 0 Å². The van der Waals surface area contributed by atoms with Gasteiger partial charge in [-0.25, -0.2) is 14.4 Å². The third kappa shape index (κ3) is 10.5. The molecule has 2 N–H and O–H groups in total. The molecule has 0 saturated heterocycles. The zero-order valence-corrected chi connectivity index (χ0v) is 20.7. The summed E-state index contributed by atoms with van der Waals surface area (Å²) >= 11 is 0. The molecule has 1 unspecified atom stereocenters. The van der Waals surface area contributed by atoms with E-state index in [-0.39, 0.29) is 30.4 Å². The molecule has 0 aromatic heterocycles. The van der Waals surface area contributed by atoms with Crippen LogP contribution in [0.15, 0.2) is 18.2 Å². The molecule has 0 amide bonds. The molecule has 196 valence electrons. The number of carbonyl (C=O) groups excluding carboxylic acids is 4. The molecule has 0 heterocycles. The number of nitrogens with two attached hydrogens (primary N) is 1. The molecule has 0 aliphatic rings. The highest BCUT2D eigenvalue weighted by Crippen LogP contribution is 2.30. The summed E-state index contributed by atoms with van der Waals surface area (Å²) in [5.41, 5.74) is 6.44. The van der Waals surface area contributed by atoms with Crippen molar-refractivity contribution in [1.82, 2.24) is 0 Å². The molecular formula is C23H33NO11. The lowest BCUT2D eigenvalue weighted by Gasteiger charge is -2.22. The van der Waals surface area contributed by atoms with Crippen molar-refractivity contribution in [2.75, 3.05) is 20.8 Å². The van der Waals surface area contributed by atoms with Gasteiger partial charge in [0, 0.05) is 0 Å². The first-order chi connectivity index (χ1) is 16.5. The Kier molecular flexibility index (Phi) is 12.4. The summed E-state index contributed by atoms with van der Waals surface area (Å²) in [4.78, 5) is 47.2. The molecule has 1 rings (SSSR count). The fourth-order valence-corrected chi connectivity index (χ4v) is 2.42. The third-order valence-corrected chi connectivity index (χ3v) is 4.91. The fraction of sp³-hybridized carbons (Fsp3) is 0.565. The number of methoxy groups -OCH3 is 2. The van der Waals surface area contributed by atoms with Crippen molar-refractivity contribution in [3.05, 3.63) is 23.8 Å². The Balaban J connectivity index is 2.75. The van der Waals surface area contributed by atoms with Crippen LogP contribution in [0.5, 0.6) is 11.5 Å². The van der Waals surface area contributed by atoms with Crippen LogP contribution in [-0.2, 0) is 34.9 Å². The molecule has 1 aromatic rings. The van der Waals surface area contributed by atoms with Gasteiger partial charge in [0.15, 0.2) is 11.5 Å². The van der Waals surface area contributed by atoms with Gasteiger partial charge in [0.2, 0.25) is 0 Å². The van der Waals surface area contributed by atoms with Crippen LogP contribution < -0.4 is 15.2 Å². The maximum atomic E-state index is 12.5. The van der Waals surface area contributed by atoms with Crippen LogP contribution >= 0.6 is 0 Å². The zero-order chi connectivity index (χ0) is 26.5. The predicted molar refractivity (Wildman–Crippen MR) is 121 cm³/mol. The van der Waals surface area contributed by atoms with Crippen molar-refractivity contribution in [1.29, 1.82) is 0 Å². The Hall–Kier alpha value is -3.54. The van der Waals surface area contributed by atoms with Crippen LogP contribution in [0.3, 0.4) is 0 Å². The summed E-state index contributed by atoms with van der Waals surface area (Å²) in [7, 11) is 2.22. The summed E-state index contributed by atoms with van der Waals surface area (Å²) in [5.74, 6) is -0.800. The first kappa shape index (κ1) is 29.5. The minimum atomic E-state index is -1.10. The lowest BCUT2D eigenvalue weighted by Crippen LogP contribution is -2.39. The largest absolute Gasteiger partial charge is 0.513 e. The fourth-order valence-electron chi connectivity index (χ4n) is 2.42. The number of benzene rings is 1. The zero-order valence-electron chi connectivity index (χ0n) is 20.7. The normalized spacial score (nSPS) is 13.9. The average Bonchev–Trinajstić information content (AvgIpc) is 2.83. The van der Waals surface area contributed by atoms with Gasteiger partial charge in [0.1, 0.15) is 18.2 Å². The molecular weight excluding hydrogens is 466 g/mol. The highest BCUT2D eigenvalue weighted by Gasteiger charge is 2.25. The van der Waals surface area contributed by atoms with E-state index in [9.17, 15) is 19.2 Å². The SMILES string of the molecule is CCC(C)COC(=O)O[C@@H](C)[C@H](C)OC(=O)[C@@H](N)Cc1ccc(OC(=O)OC)c(OC(=O)OC)c1. The number of hydrogen-bond donors (Lipinski definition) is 1. The summed E-state index contributed by atoms with van der Waals surface area (Å²) in [5, 5.41) is 0. The molecule has 0 saturated carbocycles. The topological polar surface area (TPSA) is 159 Å². The van der Waals surface area contributed by atoms with Gasteiger partial charge in [0.25, 0.3) is 0 Å². The molecule has 0 radical (unpaired) electrons. The Morgan fingerprint density at radius 2 is 1.43 bits per heavy atom. The van der Waals surface area contributed by atoms with E-state index in [0.29, 0.717) is 5.56 Å². The Labute approximate surface area is 203 Å². The number of hydrogen-bond acceptors (Lipinski definition) is 12. The maximum Gasteiger partial charge on any atom is 0.513 e.